The lowest BCUT2D eigenvalue weighted by Gasteiger charge is -2.08. The molecular weight excluding hydrogens is 832 g/mol. The molecule has 8 rings (SSSR count). The van der Waals surface area contributed by atoms with Crippen molar-refractivity contribution in [2.75, 3.05) is 6.54 Å². The third-order valence-corrected chi connectivity index (χ3v) is 14.0. The Morgan fingerprint density at radius 2 is 1.35 bits per heavy atom. The average Bonchev–Trinajstić information content (AvgIpc) is 3.94. The standard InChI is InChI=1S/C37H29Cl4N5O5S3/c38-19-7-9-27(25(40)14-19)45-35-21-11-13-52-30(21)16-24(35)34(44-45)37(48)42-12-5-3-1-2-4-6-29(47)33-23-17-31-22(18-32(53-31)54(49,50)51)36(23)46(43-33)28-10-8-20(39)15-26(28)41/h7-11,13-15,18H,1-6,12,16-17H2,(H,42,48)(H,49,50,51). The van der Waals surface area contributed by atoms with Crippen LogP contribution >= 0.6 is 69.1 Å². The van der Waals surface area contributed by atoms with E-state index in [4.69, 9.17) is 51.5 Å². The number of ketones is 1. The molecule has 278 valence electrons. The molecule has 0 bridgehead atoms. The minimum atomic E-state index is -4.40. The molecule has 4 aromatic heterocycles. The lowest BCUT2D eigenvalue weighted by Crippen LogP contribution is -2.26. The number of thiophene rings is 2. The molecule has 1 amide bonds. The van der Waals surface area contributed by atoms with E-state index >= 15 is 0 Å². The van der Waals surface area contributed by atoms with E-state index in [1.165, 1.54) is 10.9 Å². The van der Waals surface area contributed by atoms with Gasteiger partial charge in [0.25, 0.3) is 5.91 Å². The second-order valence-electron chi connectivity index (χ2n) is 13.1. The van der Waals surface area contributed by atoms with Crippen LogP contribution in [0.2, 0.25) is 20.1 Å². The van der Waals surface area contributed by atoms with Crippen LogP contribution in [-0.4, -0.2) is 50.8 Å². The molecule has 0 saturated heterocycles. The van der Waals surface area contributed by atoms with Crippen molar-refractivity contribution < 1.29 is 22.6 Å². The molecule has 6 aromatic rings. The summed E-state index contributed by atoms with van der Waals surface area (Å²) in [6.45, 7) is 0.489. The summed E-state index contributed by atoms with van der Waals surface area (Å²) in [4.78, 5) is 28.9. The zero-order chi connectivity index (χ0) is 37.9. The Balaban J connectivity index is 0.873. The number of carbonyl (C=O) groups is 2. The lowest BCUT2D eigenvalue weighted by atomic mass is 10.0. The zero-order valence-electron chi connectivity index (χ0n) is 28.2. The summed E-state index contributed by atoms with van der Waals surface area (Å²) in [5.41, 5.74) is 6.54. The minimum Gasteiger partial charge on any atom is -0.351 e. The van der Waals surface area contributed by atoms with Gasteiger partial charge in [-0.3, -0.25) is 14.1 Å². The van der Waals surface area contributed by atoms with E-state index in [0.29, 0.717) is 85.5 Å². The zero-order valence-corrected chi connectivity index (χ0v) is 33.6. The predicted octanol–water partition coefficient (Wildman–Crippen LogP) is 10.1. The number of hydrogen-bond donors (Lipinski definition) is 2. The number of Topliss-reactive ketones (excluding diaryl/α,β-unsaturated/α-hetero) is 1. The van der Waals surface area contributed by atoms with Crippen LogP contribution in [0.15, 0.2) is 58.1 Å². The van der Waals surface area contributed by atoms with Crippen LogP contribution in [0.25, 0.3) is 33.9 Å². The molecule has 54 heavy (non-hydrogen) atoms. The number of nitrogens with one attached hydrogen (secondary N) is 1. The molecule has 4 heterocycles. The van der Waals surface area contributed by atoms with Gasteiger partial charge in [0.2, 0.25) is 0 Å². The van der Waals surface area contributed by atoms with Crippen molar-refractivity contribution in [3.8, 4) is 33.9 Å². The molecule has 17 heteroatoms. The van der Waals surface area contributed by atoms with Crippen LogP contribution < -0.4 is 5.32 Å². The fourth-order valence-electron chi connectivity index (χ4n) is 7.07. The first-order chi connectivity index (χ1) is 25.9. The Morgan fingerprint density at radius 3 is 2.02 bits per heavy atom. The average molecular weight is 862 g/mol. The Bertz CT molecular complexity index is 2610. The third-order valence-electron chi connectivity index (χ3n) is 9.56. The van der Waals surface area contributed by atoms with Crippen molar-refractivity contribution in [3.05, 3.63) is 106 Å². The van der Waals surface area contributed by atoms with Gasteiger partial charge in [0.15, 0.2) is 11.5 Å². The van der Waals surface area contributed by atoms with E-state index in [9.17, 15) is 22.6 Å². The summed E-state index contributed by atoms with van der Waals surface area (Å²) in [6.07, 6.45) is 5.23. The maximum Gasteiger partial charge on any atom is 0.304 e. The first kappa shape index (κ1) is 37.4. The first-order valence-corrected chi connectivity index (χ1v) is 21.7. The number of hydrogen-bond acceptors (Lipinski definition) is 8. The summed E-state index contributed by atoms with van der Waals surface area (Å²) in [6, 6.07) is 13.6. The van der Waals surface area contributed by atoms with Gasteiger partial charge in [0.05, 0.1) is 32.8 Å². The summed E-state index contributed by atoms with van der Waals surface area (Å²) >= 11 is 28.0. The van der Waals surface area contributed by atoms with E-state index < -0.39 is 10.1 Å². The largest absolute Gasteiger partial charge is 0.351 e. The fourth-order valence-corrected chi connectivity index (χ4v) is 10.8. The van der Waals surface area contributed by atoms with Gasteiger partial charge in [-0.05, 0) is 66.8 Å². The molecule has 2 N–H and O–H groups in total. The Kier molecular flexibility index (Phi) is 10.3. The highest BCUT2D eigenvalue weighted by molar-refractivity contribution is 7.88. The van der Waals surface area contributed by atoms with Gasteiger partial charge in [-0.1, -0.05) is 65.7 Å². The van der Waals surface area contributed by atoms with Crippen LogP contribution in [0.3, 0.4) is 0 Å². The SMILES string of the molecule is O=C(CCCCCCCNC(=O)c1nn(-c2ccc(Cl)cc2Cl)c2c1Cc1sccc1-2)c1nn(-c2ccc(Cl)cc2Cl)c2c1Cc1sc(S(=O)(=O)O)cc1-2. The number of halogens is 4. The topological polar surface area (TPSA) is 136 Å². The second kappa shape index (κ2) is 14.8. The number of benzene rings is 2. The molecule has 0 unspecified atom stereocenters. The number of rotatable bonds is 13. The highest BCUT2D eigenvalue weighted by Crippen LogP contribution is 2.47. The Labute approximate surface area is 338 Å². The van der Waals surface area contributed by atoms with Gasteiger partial charge in [0.1, 0.15) is 9.90 Å². The number of aromatic nitrogens is 4. The quantitative estimate of drug-likeness (QED) is 0.0669. The molecule has 0 spiro atoms. The van der Waals surface area contributed by atoms with Gasteiger partial charge in [0, 0.05) is 67.9 Å². The van der Waals surface area contributed by atoms with E-state index in [2.05, 4.69) is 10.4 Å². The molecular formula is C37H29Cl4N5O5S3. The second-order valence-corrected chi connectivity index (χ2v) is 18.5. The van der Waals surface area contributed by atoms with E-state index in [-0.39, 0.29) is 22.3 Å². The molecule has 0 radical (unpaired) electrons. The van der Waals surface area contributed by atoms with E-state index in [1.807, 2.05) is 11.4 Å². The van der Waals surface area contributed by atoms with Crippen molar-refractivity contribution in [3.63, 3.8) is 0 Å². The van der Waals surface area contributed by atoms with Gasteiger partial charge in [-0.15, -0.1) is 22.7 Å². The van der Waals surface area contributed by atoms with Crippen LogP contribution in [0.1, 0.15) is 80.4 Å². The number of carbonyl (C=O) groups excluding carboxylic acids is 2. The predicted molar refractivity (Wildman–Crippen MR) is 214 cm³/mol. The van der Waals surface area contributed by atoms with Crippen molar-refractivity contribution in [1.29, 1.82) is 0 Å². The summed E-state index contributed by atoms with van der Waals surface area (Å²) in [5, 5.41) is 16.2. The number of amides is 1. The minimum absolute atomic E-state index is 0.117. The number of unbranched alkanes of at least 4 members (excludes halogenated alkanes) is 4. The highest BCUT2D eigenvalue weighted by Gasteiger charge is 2.35. The van der Waals surface area contributed by atoms with Gasteiger partial charge in [-0.25, -0.2) is 9.36 Å². The van der Waals surface area contributed by atoms with Crippen molar-refractivity contribution in [2.45, 2.75) is 55.6 Å². The first-order valence-electron chi connectivity index (χ1n) is 17.0. The molecule has 0 aliphatic heterocycles. The lowest BCUT2D eigenvalue weighted by molar-refractivity contribution is 0.0943. The van der Waals surface area contributed by atoms with Crippen LogP contribution in [0.4, 0.5) is 0 Å². The van der Waals surface area contributed by atoms with E-state index in [1.54, 1.807) is 57.1 Å². The van der Waals surface area contributed by atoms with Crippen molar-refractivity contribution >= 4 is 90.9 Å². The maximum absolute atomic E-state index is 13.6. The fraction of sp³-hybridized carbons (Fsp3) is 0.243. The molecule has 10 nitrogen and oxygen atoms in total. The molecule has 0 fully saturated rings. The molecule has 2 aromatic carbocycles. The smallest absolute Gasteiger partial charge is 0.304 e. The van der Waals surface area contributed by atoms with Crippen LogP contribution in [0.5, 0.6) is 0 Å². The summed E-state index contributed by atoms with van der Waals surface area (Å²) in [7, 11) is -4.40. The Hall–Kier alpha value is -3.53. The highest BCUT2D eigenvalue weighted by atomic mass is 35.5. The molecule has 0 saturated carbocycles. The number of fused-ring (bicyclic) bond motifs is 6. The van der Waals surface area contributed by atoms with Crippen molar-refractivity contribution in [1.82, 2.24) is 24.9 Å². The van der Waals surface area contributed by atoms with Crippen molar-refractivity contribution in [2.24, 2.45) is 0 Å². The van der Waals surface area contributed by atoms with Gasteiger partial charge < -0.3 is 5.32 Å². The normalized spacial score (nSPS) is 12.8. The molecule has 0 atom stereocenters. The number of nitrogens with zero attached hydrogens (tertiary/aromatic N) is 4. The molecule has 2 aliphatic rings. The van der Waals surface area contributed by atoms with Crippen LogP contribution in [0, 0.1) is 0 Å². The monoisotopic (exact) mass is 859 g/mol. The summed E-state index contributed by atoms with van der Waals surface area (Å²) < 4.78 is 36.6. The summed E-state index contributed by atoms with van der Waals surface area (Å²) in [5.74, 6) is -0.347. The third kappa shape index (κ3) is 6.94. The molecule has 2 aliphatic carbocycles. The van der Waals surface area contributed by atoms with Gasteiger partial charge >= 0.3 is 10.1 Å². The van der Waals surface area contributed by atoms with Gasteiger partial charge in [-0.2, -0.15) is 18.6 Å². The van der Waals surface area contributed by atoms with Crippen LogP contribution in [-0.2, 0) is 23.0 Å². The Morgan fingerprint density at radius 1 is 0.759 bits per heavy atom. The van der Waals surface area contributed by atoms with E-state index in [0.717, 1.165) is 58.7 Å². The maximum atomic E-state index is 13.6.